The van der Waals surface area contributed by atoms with Crippen LogP contribution in [0.1, 0.15) is 25.7 Å². The molecule has 1 unspecified atom stereocenters. The second-order valence-corrected chi connectivity index (χ2v) is 7.76. The molecular weight excluding hydrogens is 371 g/mol. The Kier molecular flexibility index (Phi) is 4.55. The number of urea groups is 1. The molecule has 1 saturated heterocycles. The van der Waals surface area contributed by atoms with E-state index in [2.05, 4.69) is 15.4 Å². The number of pyridine rings is 1. The quantitative estimate of drug-likeness (QED) is 0.837. The van der Waals surface area contributed by atoms with Crippen LogP contribution >= 0.6 is 0 Å². The van der Waals surface area contributed by atoms with E-state index in [4.69, 9.17) is 0 Å². The van der Waals surface area contributed by atoms with E-state index in [0.29, 0.717) is 24.4 Å². The Morgan fingerprint density at radius 3 is 2.71 bits per heavy atom. The molecule has 3 heterocycles. The minimum Gasteiger partial charge on any atom is -0.324 e. The molecule has 2 aliphatic rings. The van der Waals surface area contributed by atoms with Gasteiger partial charge in [-0.1, -0.05) is 12.5 Å². The Labute approximate surface area is 160 Å². The summed E-state index contributed by atoms with van der Waals surface area (Å²) < 4.78 is 41.9. The summed E-state index contributed by atoms with van der Waals surface area (Å²) in [6.07, 6.45) is 1.08. The molecule has 1 saturated carbocycles. The Balaban J connectivity index is 1.46. The van der Waals surface area contributed by atoms with Crippen molar-refractivity contribution < 1.29 is 18.0 Å². The first kappa shape index (κ1) is 18.8. The number of likely N-dealkylation sites (tertiary alicyclic amines) is 1. The van der Waals surface area contributed by atoms with Gasteiger partial charge in [-0.2, -0.15) is 18.3 Å². The van der Waals surface area contributed by atoms with Crippen LogP contribution in [0.4, 0.5) is 23.8 Å². The third-order valence-electron chi connectivity index (χ3n) is 5.95. The number of nitrogens with one attached hydrogen (secondary N) is 1. The molecule has 2 amide bonds. The number of carbonyl (C=O) groups is 1. The van der Waals surface area contributed by atoms with Crippen molar-refractivity contribution in [1.82, 2.24) is 19.7 Å². The lowest BCUT2D eigenvalue weighted by atomic mass is 9.58. The fourth-order valence-electron chi connectivity index (χ4n) is 4.39. The largest absolute Gasteiger partial charge is 0.392 e. The lowest BCUT2D eigenvalue weighted by Crippen LogP contribution is -2.58. The summed E-state index contributed by atoms with van der Waals surface area (Å²) in [5.74, 6) is -0.947. The fraction of sp³-hybridized carbons (Fsp3) is 0.526. The van der Waals surface area contributed by atoms with Gasteiger partial charge in [-0.15, -0.1) is 0 Å². The first-order valence-corrected chi connectivity index (χ1v) is 9.36. The van der Waals surface area contributed by atoms with Crippen molar-refractivity contribution >= 4 is 11.8 Å². The first-order chi connectivity index (χ1) is 13.3. The lowest BCUT2D eigenvalue weighted by Gasteiger charge is -2.53. The number of aromatic nitrogens is 3. The number of hydrogen-bond donors (Lipinski definition) is 1. The average molecular weight is 393 g/mol. The number of nitrogens with zero attached hydrogens (tertiary/aromatic N) is 4. The van der Waals surface area contributed by atoms with Gasteiger partial charge in [-0.3, -0.25) is 10.00 Å². The summed E-state index contributed by atoms with van der Waals surface area (Å²) in [6.45, 7) is 0.241. The van der Waals surface area contributed by atoms with Crippen LogP contribution in [-0.2, 0) is 7.05 Å². The number of alkyl halides is 3. The minimum absolute atomic E-state index is 0.0416. The van der Waals surface area contributed by atoms with Gasteiger partial charge >= 0.3 is 12.2 Å². The van der Waals surface area contributed by atoms with E-state index in [1.54, 1.807) is 30.1 Å². The van der Waals surface area contributed by atoms with Crippen LogP contribution in [0, 0.1) is 11.3 Å². The number of anilines is 1. The van der Waals surface area contributed by atoms with Crippen molar-refractivity contribution in [3.63, 3.8) is 0 Å². The topological polar surface area (TPSA) is 63.1 Å². The Hall–Kier alpha value is -2.58. The third-order valence-corrected chi connectivity index (χ3v) is 5.95. The van der Waals surface area contributed by atoms with Crippen molar-refractivity contribution in [2.24, 2.45) is 18.4 Å². The van der Waals surface area contributed by atoms with Gasteiger partial charge in [-0.05, 0) is 36.8 Å². The molecule has 6 nitrogen and oxygen atoms in total. The molecule has 4 rings (SSSR count). The van der Waals surface area contributed by atoms with Gasteiger partial charge in [-0.25, -0.2) is 9.78 Å². The van der Waals surface area contributed by atoms with Gasteiger partial charge in [0.1, 0.15) is 5.82 Å². The number of amides is 2. The van der Waals surface area contributed by atoms with E-state index in [0.717, 1.165) is 12.0 Å². The molecule has 28 heavy (non-hydrogen) atoms. The van der Waals surface area contributed by atoms with Crippen molar-refractivity contribution in [3.8, 4) is 11.3 Å². The molecule has 0 radical (unpaired) electrons. The monoisotopic (exact) mass is 393 g/mol. The van der Waals surface area contributed by atoms with E-state index in [1.807, 2.05) is 12.3 Å². The van der Waals surface area contributed by atoms with Gasteiger partial charge < -0.3 is 4.90 Å². The van der Waals surface area contributed by atoms with Crippen LogP contribution in [0.15, 0.2) is 30.6 Å². The highest BCUT2D eigenvalue weighted by molar-refractivity contribution is 5.88. The van der Waals surface area contributed by atoms with Crippen LogP contribution in [0.25, 0.3) is 11.3 Å². The van der Waals surface area contributed by atoms with Crippen LogP contribution < -0.4 is 5.32 Å². The van der Waals surface area contributed by atoms with Crippen molar-refractivity contribution in [2.45, 2.75) is 31.9 Å². The summed E-state index contributed by atoms with van der Waals surface area (Å²) in [5.41, 5.74) is 0.661. The SMILES string of the molecule is Cn1cc(-c2cccc(NC(=O)N3CCC(C(F)(F)F)C4(CCC4)C3)n2)cn1. The number of rotatable bonds is 2. The van der Waals surface area contributed by atoms with E-state index in [9.17, 15) is 18.0 Å². The Morgan fingerprint density at radius 1 is 1.32 bits per heavy atom. The predicted molar refractivity (Wildman–Crippen MR) is 97.5 cm³/mol. The molecule has 2 aromatic rings. The van der Waals surface area contributed by atoms with Gasteiger partial charge in [0.2, 0.25) is 0 Å². The van der Waals surface area contributed by atoms with Gasteiger partial charge in [0.05, 0.1) is 17.8 Å². The van der Waals surface area contributed by atoms with Gasteiger partial charge in [0, 0.05) is 31.9 Å². The molecule has 1 spiro atoms. The van der Waals surface area contributed by atoms with Crippen LogP contribution in [0.2, 0.25) is 0 Å². The zero-order chi connectivity index (χ0) is 19.9. The summed E-state index contributed by atoms with van der Waals surface area (Å²) in [4.78, 5) is 18.6. The smallest absolute Gasteiger partial charge is 0.324 e. The van der Waals surface area contributed by atoms with E-state index >= 15 is 0 Å². The number of carbonyl (C=O) groups excluding carboxylic acids is 1. The molecule has 1 aliphatic carbocycles. The highest BCUT2D eigenvalue weighted by atomic mass is 19.4. The lowest BCUT2D eigenvalue weighted by molar-refractivity contribution is -0.234. The van der Waals surface area contributed by atoms with Crippen LogP contribution in [0.3, 0.4) is 0 Å². The summed E-state index contributed by atoms with van der Waals surface area (Å²) in [5, 5.41) is 6.84. The number of halogens is 3. The molecule has 0 aromatic carbocycles. The van der Waals surface area contributed by atoms with Crippen LogP contribution in [0.5, 0.6) is 0 Å². The van der Waals surface area contributed by atoms with Crippen molar-refractivity contribution in [1.29, 1.82) is 0 Å². The van der Waals surface area contributed by atoms with Crippen molar-refractivity contribution in [2.75, 3.05) is 18.4 Å². The number of piperidine rings is 1. The highest BCUT2D eigenvalue weighted by Gasteiger charge is 2.58. The Bertz CT molecular complexity index is 874. The van der Waals surface area contributed by atoms with Crippen molar-refractivity contribution in [3.05, 3.63) is 30.6 Å². The average Bonchev–Trinajstić information content (AvgIpc) is 3.06. The number of aryl methyl sites for hydroxylation is 1. The molecule has 1 atom stereocenters. The maximum Gasteiger partial charge on any atom is 0.392 e. The molecular formula is C19H22F3N5O. The highest BCUT2D eigenvalue weighted by Crippen LogP contribution is 2.56. The van der Waals surface area contributed by atoms with E-state index in [-0.39, 0.29) is 19.5 Å². The molecule has 150 valence electrons. The molecule has 2 fully saturated rings. The maximum absolute atomic E-state index is 13.4. The summed E-state index contributed by atoms with van der Waals surface area (Å²) >= 11 is 0. The Morgan fingerprint density at radius 2 is 2.11 bits per heavy atom. The summed E-state index contributed by atoms with van der Waals surface area (Å²) in [6, 6.07) is 4.85. The number of hydrogen-bond acceptors (Lipinski definition) is 3. The predicted octanol–water partition coefficient (Wildman–Crippen LogP) is 4.07. The molecule has 9 heteroatoms. The maximum atomic E-state index is 13.4. The second kappa shape index (κ2) is 6.79. The normalized spacial score (nSPS) is 21.4. The van der Waals surface area contributed by atoms with Gasteiger partial charge in [0.25, 0.3) is 0 Å². The molecule has 0 bridgehead atoms. The van der Waals surface area contributed by atoms with Crippen LogP contribution in [-0.4, -0.2) is 45.0 Å². The fourth-order valence-corrected chi connectivity index (χ4v) is 4.39. The third kappa shape index (κ3) is 3.45. The molecule has 2 aromatic heterocycles. The van der Waals surface area contributed by atoms with E-state index in [1.165, 1.54) is 4.90 Å². The minimum atomic E-state index is -4.21. The zero-order valence-electron chi connectivity index (χ0n) is 15.5. The molecule has 1 aliphatic heterocycles. The standard InChI is InChI=1S/C19H22F3N5O/c1-26-11-13(10-23-26)14-4-2-5-16(24-14)25-17(28)27-9-6-15(19(20,21)22)18(12-27)7-3-8-18/h2,4-5,10-11,15H,3,6-9,12H2,1H3,(H,24,25,28). The van der Waals surface area contributed by atoms with Gasteiger partial charge in [0.15, 0.2) is 0 Å². The first-order valence-electron chi connectivity index (χ1n) is 9.36. The molecule has 1 N–H and O–H groups in total. The second-order valence-electron chi connectivity index (χ2n) is 7.76. The summed E-state index contributed by atoms with van der Waals surface area (Å²) in [7, 11) is 1.80. The zero-order valence-corrected chi connectivity index (χ0v) is 15.5. The van der Waals surface area contributed by atoms with E-state index < -0.39 is 23.5 Å².